The molecule has 2 heterocycles. The van der Waals surface area contributed by atoms with Gasteiger partial charge in [0.15, 0.2) is 0 Å². The summed E-state index contributed by atoms with van der Waals surface area (Å²) in [4.78, 5) is 3.11. The molecule has 0 N–H and O–H groups in total. The molecule has 0 aromatic carbocycles. The van der Waals surface area contributed by atoms with Gasteiger partial charge in [-0.25, -0.2) is 0 Å². The van der Waals surface area contributed by atoms with Crippen molar-refractivity contribution in [3.8, 4) is 0 Å². The zero-order valence-corrected chi connectivity index (χ0v) is 14.7. The van der Waals surface area contributed by atoms with Gasteiger partial charge in [0.05, 0.1) is 0 Å². The Morgan fingerprint density at radius 1 is 0.789 bits per heavy atom. The van der Waals surface area contributed by atoms with Crippen LogP contribution in [0.25, 0.3) is 9.40 Å². The minimum absolute atomic E-state index is 0.322. The smallest absolute Gasteiger partial charge is 0.0456 e. The van der Waals surface area contributed by atoms with Crippen LogP contribution in [0.3, 0.4) is 0 Å². The molecule has 0 amide bonds. The highest BCUT2D eigenvalue weighted by molar-refractivity contribution is 7.28. The minimum Gasteiger partial charge on any atom is -0.139 e. The molecule has 0 aliphatic rings. The molecule has 0 bridgehead atoms. The third kappa shape index (κ3) is 2.62. The Labute approximate surface area is 125 Å². The van der Waals surface area contributed by atoms with Crippen LogP contribution in [0.1, 0.15) is 70.6 Å². The number of fused-ring (bicyclic) bond motifs is 1. The molecule has 2 heteroatoms. The molecular formula is C17H26S2. The summed E-state index contributed by atoms with van der Waals surface area (Å²) in [6.07, 6.45) is 3.66. The van der Waals surface area contributed by atoms with E-state index >= 15 is 0 Å². The van der Waals surface area contributed by atoms with Crippen LogP contribution in [0.2, 0.25) is 0 Å². The first-order valence-corrected chi connectivity index (χ1v) is 9.04. The molecule has 0 saturated carbocycles. The Bertz CT molecular complexity index is 521. The number of rotatable bonds is 5. The first-order valence-electron chi connectivity index (χ1n) is 7.40. The Kier molecular flexibility index (Phi) is 4.13. The second-order valence-electron chi connectivity index (χ2n) is 6.46. The fourth-order valence-electron chi connectivity index (χ4n) is 2.24. The second kappa shape index (κ2) is 5.21. The quantitative estimate of drug-likeness (QED) is 0.573. The molecule has 2 aromatic heterocycles. The Balaban J connectivity index is 2.43. The summed E-state index contributed by atoms with van der Waals surface area (Å²) in [7, 11) is 0. The van der Waals surface area contributed by atoms with Crippen molar-refractivity contribution in [1.82, 2.24) is 0 Å². The number of hydrogen-bond donors (Lipinski definition) is 0. The summed E-state index contributed by atoms with van der Waals surface area (Å²) in [5.74, 6) is 0. The van der Waals surface area contributed by atoms with Crippen LogP contribution in [0.15, 0.2) is 12.1 Å². The summed E-state index contributed by atoms with van der Waals surface area (Å²) >= 11 is 4.01. The van der Waals surface area contributed by atoms with Crippen LogP contribution in [0.4, 0.5) is 0 Å². The van der Waals surface area contributed by atoms with E-state index in [1.54, 1.807) is 4.88 Å². The Hall–Kier alpha value is -0.340. The standard InChI is InChI=1S/C17H26S2/c1-7-16(4,5)14-10-12-13(18-14)11-15(19-12)17(6,8-2)9-3/h10-11H,7-9H2,1-6H3. The van der Waals surface area contributed by atoms with Crippen molar-refractivity contribution >= 4 is 32.1 Å². The fraction of sp³-hybridized carbons (Fsp3) is 0.647. The molecule has 0 fully saturated rings. The largest absolute Gasteiger partial charge is 0.139 e. The minimum atomic E-state index is 0.322. The highest BCUT2D eigenvalue weighted by atomic mass is 32.1. The van der Waals surface area contributed by atoms with Crippen LogP contribution in [-0.2, 0) is 10.8 Å². The SMILES string of the molecule is CCC(C)(C)c1cc2sc(C(C)(CC)CC)cc2s1. The average Bonchev–Trinajstić information content (AvgIpc) is 2.96. The number of hydrogen-bond acceptors (Lipinski definition) is 2. The average molecular weight is 295 g/mol. The van der Waals surface area contributed by atoms with E-state index < -0.39 is 0 Å². The second-order valence-corrected chi connectivity index (χ2v) is 8.62. The number of thiophene rings is 2. The summed E-state index contributed by atoms with van der Waals surface area (Å²) < 4.78 is 2.98. The van der Waals surface area contributed by atoms with Gasteiger partial charge in [-0.2, -0.15) is 0 Å². The molecule has 0 nitrogen and oxygen atoms in total. The maximum absolute atomic E-state index is 2.45. The van der Waals surface area contributed by atoms with Gasteiger partial charge < -0.3 is 0 Å². The lowest BCUT2D eigenvalue weighted by Gasteiger charge is -2.25. The van der Waals surface area contributed by atoms with E-state index in [9.17, 15) is 0 Å². The summed E-state index contributed by atoms with van der Waals surface area (Å²) in [5, 5.41) is 0. The van der Waals surface area contributed by atoms with Gasteiger partial charge in [-0.05, 0) is 36.8 Å². The molecule has 2 aromatic rings. The van der Waals surface area contributed by atoms with Gasteiger partial charge in [0.2, 0.25) is 0 Å². The lowest BCUT2D eigenvalue weighted by Crippen LogP contribution is -2.17. The third-order valence-corrected chi connectivity index (χ3v) is 7.88. The highest BCUT2D eigenvalue weighted by Crippen LogP contribution is 2.44. The van der Waals surface area contributed by atoms with E-state index in [0.717, 1.165) is 0 Å². The predicted molar refractivity (Wildman–Crippen MR) is 91.0 cm³/mol. The van der Waals surface area contributed by atoms with Crippen LogP contribution >= 0.6 is 22.7 Å². The fourth-order valence-corrected chi connectivity index (χ4v) is 5.09. The van der Waals surface area contributed by atoms with Gasteiger partial charge in [-0.15, -0.1) is 22.7 Å². The molecule has 2 rings (SSSR count). The van der Waals surface area contributed by atoms with E-state index in [4.69, 9.17) is 0 Å². The van der Waals surface area contributed by atoms with Crippen LogP contribution < -0.4 is 0 Å². The highest BCUT2D eigenvalue weighted by Gasteiger charge is 2.27. The van der Waals surface area contributed by atoms with Gasteiger partial charge in [0.25, 0.3) is 0 Å². The molecule has 106 valence electrons. The van der Waals surface area contributed by atoms with Crippen molar-refractivity contribution in [3.05, 3.63) is 21.9 Å². The van der Waals surface area contributed by atoms with Crippen molar-refractivity contribution in [2.24, 2.45) is 0 Å². The van der Waals surface area contributed by atoms with E-state index in [-0.39, 0.29) is 0 Å². The van der Waals surface area contributed by atoms with Crippen molar-refractivity contribution in [1.29, 1.82) is 0 Å². The van der Waals surface area contributed by atoms with E-state index in [0.29, 0.717) is 10.8 Å². The zero-order valence-electron chi connectivity index (χ0n) is 13.1. The van der Waals surface area contributed by atoms with Crippen molar-refractivity contribution in [3.63, 3.8) is 0 Å². The lowest BCUT2D eigenvalue weighted by molar-refractivity contribution is 0.448. The molecule has 0 radical (unpaired) electrons. The molecule has 0 aliphatic heterocycles. The first-order chi connectivity index (χ1) is 8.86. The topological polar surface area (TPSA) is 0 Å². The maximum Gasteiger partial charge on any atom is 0.0456 e. The van der Waals surface area contributed by atoms with E-state index in [1.165, 1.54) is 33.5 Å². The van der Waals surface area contributed by atoms with Crippen molar-refractivity contribution in [2.45, 2.75) is 71.6 Å². The lowest BCUT2D eigenvalue weighted by atomic mass is 9.83. The third-order valence-electron chi connectivity index (χ3n) is 4.91. The molecular weight excluding hydrogens is 268 g/mol. The van der Waals surface area contributed by atoms with Gasteiger partial charge >= 0.3 is 0 Å². The van der Waals surface area contributed by atoms with Gasteiger partial charge in [-0.3, -0.25) is 0 Å². The zero-order chi connectivity index (χ0) is 14.3. The van der Waals surface area contributed by atoms with Gasteiger partial charge in [0, 0.05) is 24.6 Å². The molecule has 0 atom stereocenters. The van der Waals surface area contributed by atoms with Crippen LogP contribution in [-0.4, -0.2) is 0 Å². The van der Waals surface area contributed by atoms with Crippen LogP contribution in [0.5, 0.6) is 0 Å². The van der Waals surface area contributed by atoms with Crippen molar-refractivity contribution in [2.75, 3.05) is 0 Å². The Morgan fingerprint density at radius 3 is 1.74 bits per heavy atom. The van der Waals surface area contributed by atoms with E-state index in [1.807, 2.05) is 22.7 Å². The summed E-state index contributed by atoms with van der Waals surface area (Å²) in [6, 6.07) is 4.89. The first kappa shape index (κ1) is 15.1. The normalized spacial score (nSPS) is 13.4. The van der Waals surface area contributed by atoms with Gasteiger partial charge in [-0.1, -0.05) is 41.5 Å². The maximum atomic E-state index is 2.45. The summed E-state index contributed by atoms with van der Waals surface area (Å²) in [6.45, 7) is 14.0. The molecule has 0 aliphatic carbocycles. The summed E-state index contributed by atoms with van der Waals surface area (Å²) in [5.41, 5.74) is 0.687. The van der Waals surface area contributed by atoms with Crippen molar-refractivity contribution < 1.29 is 0 Å². The molecule has 0 saturated heterocycles. The predicted octanol–water partition coefficient (Wildman–Crippen LogP) is 6.73. The Morgan fingerprint density at radius 2 is 1.26 bits per heavy atom. The van der Waals surface area contributed by atoms with Gasteiger partial charge in [0.1, 0.15) is 0 Å². The van der Waals surface area contributed by atoms with Crippen LogP contribution in [0, 0.1) is 0 Å². The van der Waals surface area contributed by atoms with E-state index in [2.05, 4.69) is 53.7 Å². The molecule has 19 heavy (non-hydrogen) atoms. The molecule has 0 unspecified atom stereocenters. The molecule has 0 spiro atoms. The monoisotopic (exact) mass is 294 g/mol.